The van der Waals surface area contributed by atoms with Crippen LogP contribution in [0, 0.1) is 0 Å². The number of benzene rings is 2. The number of hydrogen-bond donors (Lipinski definition) is 2. The van der Waals surface area contributed by atoms with Crippen molar-refractivity contribution in [2.45, 2.75) is 25.6 Å². The minimum atomic E-state index is -4.49. The number of nitrogens with zero attached hydrogens (tertiary/aromatic N) is 1. The SMILES string of the molecule is O=C(O)CCC[n+]1c(-c2ccc(Cl)cc2)csc1Nc1ccccc1C(F)(F)F. The molecule has 0 amide bonds. The van der Waals surface area contributed by atoms with Gasteiger partial charge in [0.15, 0.2) is 0 Å². The van der Waals surface area contributed by atoms with Crippen molar-refractivity contribution in [3.8, 4) is 11.3 Å². The summed E-state index contributed by atoms with van der Waals surface area (Å²) in [7, 11) is 0. The second-order valence-corrected chi connectivity index (χ2v) is 7.54. The molecule has 1 aromatic heterocycles. The number of hydrogen-bond acceptors (Lipinski definition) is 3. The normalized spacial score (nSPS) is 11.4. The molecule has 2 N–H and O–H groups in total. The number of carboxylic acid groups (broad SMARTS) is 1. The minimum absolute atomic E-state index is 0.0402. The molecule has 0 saturated heterocycles. The summed E-state index contributed by atoms with van der Waals surface area (Å²) in [4.78, 5) is 10.9. The third-order valence-electron chi connectivity index (χ3n) is 4.20. The maximum Gasteiger partial charge on any atom is 0.420 e. The summed E-state index contributed by atoms with van der Waals surface area (Å²) in [5.41, 5.74) is 0.775. The molecule has 0 fully saturated rings. The van der Waals surface area contributed by atoms with Crippen molar-refractivity contribution in [3.63, 3.8) is 0 Å². The van der Waals surface area contributed by atoms with Crippen molar-refractivity contribution >= 4 is 39.7 Å². The maximum absolute atomic E-state index is 13.3. The van der Waals surface area contributed by atoms with Gasteiger partial charge in [-0.15, -0.1) is 0 Å². The topological polar surface area (TPSA) is 53.2 Å². The first-order valence-electron chi connectivity index (χ1n) is 8.68. The Morgan fingerprint density at radius 2 is 1.83 bits per heavy atom. The van der Waals surface area contributed by atoms with E-state index in [0.29, 0.717) is 23.1 Å². The van der Waals surface area contributed by atoms with Crippen molar-refractivity contribution in [2.75, 3.05) is 5.32 Å². The molecule has 152 valence electrons. The van der Waals surface area contributed by atoms with Crippen molar-refractivity contribution in [1.82, 2.24) is 0 Å². The van der Waals surface area contributed by atoms with Crippen molar-refractivity contribution in [3.05, 3.63) is 64.5 Å². The summed E-state index contributed by atoms with van der Waals surface area (Å²) in [6.45, 7) is 0.338. The Morgan fingerprint density at radius 3 is 2.48 bits per heavy atom. The quantitative estimate of drug-likeness (QED) is 0.443. The Balaban J connectivity index is 1.98. The summed E-state index contributed by atoms with van der Waals surface area (Å²) in [5.74, 6) is -0.925. The number of carboxylic acids is 1. The van der Waals surface area contributed by atoms with Crippen LogP contribution >= 0.6 is 22.9 Å². The predicted molar refractivity (Wildman–Crippen MR) is 107 cm³/mol. The average molecular weight is 442 g/mol. The Kier molecular flexibility index (Phi) is 6.44. The largest absolute Gasteiger partial charge is 0.481 e. The van der Waals surface area contributed by atoms with Crippen LogP contribution in [0.2, 0.25) is 5.02 Å². The van der Waals surface area contributed by atoms with Gasteiger partial charge in [0.05, 0.1) is 6.54 Å². The maximum atomic E-state index is 13.3. The van der Waals surface area contributed by atoms with E-state index in [2.05, 4.69) is 5.32 Å². The number of halogens is 4. The van der Waals surface area contributed by atoms with Crippen LogP contribution in [0.25, 0.3) is 11.3 Å². The number of thiazole rings is 1. The molecule has 0 aliphatic rings. The lowest BCUT2D eigenvalue weighted by atomic mass is 10.1. The molecule has 0 aliphatic heterocycles. The van der Waals surface area contributed by atoms with E-state index >= 15 is 0 Å². The van der Waals surface area contributed by atoms with Gasteiger partial charge in [0.1, 0.15) is 16.9 Å². The van der Waals surface area contributed by atoms with Crippen LogP contribution in [0.15, 0.2) is 53.9 Å². The highest BCUT2D eigenvalue weighted by atomic mass is 35.5. The first-order valence-corrected chi connectivity index (χ1v) is 9.94. The summed E-state index contributed by atoms with van der Waals surface area (Å²) < 4.78 is 41.8. The van der Waals surface area contributed by atoms with E-state index in [4.69, 9.17) is 16.7 Å². The molecule has 4 nitrogen and oxygen atoms in total. The van der Waals surface area contributed by atoms with Crippen LogP contribution in [0.1, 0.15) is 18.4 Å². The zero-order valence-corrected chi connectivity index (χ0v) is 16.6. The van der Waals surface area contributed by atoms with Crippen molar-refractivity contribution < 1.29 is 27.6 Å². The first-order chi connectivity index (χ1) is 13.8. The molecule has 0 unspecified atom stereocenters. The Labute approximate surface area is 174 Å². The zero-order valence-electron chi connectivity index (χ0n) is 15.0. The second-order valence-electron chi connectivity index (χ2n) is 6.25. The zero-order chi connectivity index (χ0) is 21.0. The molecule has 0 atom stereocenters. The van der Waals surface area contributed by atoms with Gasteiger partial charge in [0, 0.05) is 22.4 Å². The van der Waals surface area contributed by atoms with E-state index in [1.807, 2.05) is 17.5 Å². The molecule has 29 heavy (non-hydrogen) atoms. The van der Waals surface area contributed by atoms with Crippen LogP contribution < -0.4 is 9.88 Å². The number of alkyl halides is 3. The van der Waals surface area contributed by atoms with Crippen LogP contribution in [0.4, 0.5) is 24.0 Å². The molecule has 3 rings (SSSR count). The summed E-state index contributed by atoms with van der Waals surface area (Å²) in [6, 6.07) is 12.3. The fourth-order valence-corrected chi connectivity index (χ4v) is 3.95. The van der Waals surface area contributed by atoms with E-state index in [1.54, 1.807) is 16.7 Å². The van der Waals surface area contributed by atoms with Gasteiger partial charge in [0.2, 0.25) is 0 Å². The molecule has 2 aromatic carbocycles. The van der Waals surface area contributed by atoms with Gasteiger partial charge in [-0.1, -0.05) is 35.1 Å². The number of aliphatic carboxylic acids is 1. The van der Waals surface area contributed by atoms with Crippen LogP contribution in [0.5, 0.6) is 0 Å². The van der Waals surface area contributed by atoms with Gasteiger partial charge >= 0.3 is 17.3 Å². The van der Waals surface area contributed by atoms with Crippen LogP contribution in [-0.4, -0.2) is 11.1 Å². The van der Waals surface area contributed by atoms with Gasteiger partial charge in [-0.2, -0.15) is 13.2 Å². The molecule has 0 aliphatic carbocycles. The minimum Gasteiger partial charge on any atom is -0.481 e. The standard InChI is InChI=1S/C20H16ClF3N2O2S/c21-14-9-7-13(8-10-14)17-12-29-19(26(17)11-3-6-18(27)28)25-16-5-2-1-4-15(16)20(22,23)24/h1-2,4-5,7-10,12H,3,6,11H2,(H,27,28)/p+1. The molecular formula is C20H17ClF3N2O2S+. The van der Waals surface area contributed by atoms with Crippen molar-refractivity contribution in [2.24, 2.45) is 0 Å². The highest BCUT2D eigenvalue weighted by molar-refractivity contribution is 7.13. The smallest absolute Gasteiger partial charge is 0.420 e. The van der Waals surface area contributed by atoms with E-state index in [1.165, 1.54) is 29.5 Å². The molecule has 0 radical (unpaired) electrons. The van der Waals surface area contributed by atoms with Gasteiger partial charge in [0.25, 0.3) is 0 Å². The summed E-state index contributed by atoms with van der Waals surface area (Å²) >= 11 is 7.19. The molecule has 0 saturated carbocycles. The number of aromatic nitrogens is 1. The highest BCUT2D eigenvalue weighted by Crippen LogP contribution is 2.36. The second kappa shape index (κ2) is 8.84. The molecule has 3 aromatic rings. The third-order valence-corrected chi connectivity index (χ3v) is 5.34. The summed E-state index contributed by atoms with van der Waals surface area (Å²) in [5, 5.41) is 14.7. The van der Waals surface area contributed by atoms with Crippen molar-refractivity contribution in [1.29, 1.82) is 0 Å². The van der Waals surface area contributed by atoms with Gasteiger partial charge in [-0.05, 0) is 42.8 Å². The lowest BCUT2D eigenvalue weighted by Crippen LogP contribution is -2.36. The summed E-state index contributed by atoms with van der Waals surface area (Å²) in [6.07, 6.45) is -4.19. The Bertz CT molecular complexity index is 1000. The van der Waals surface area contributed by atoms with Crippen LogP contribution in [0.3, 0.4) is 0 Å². The molecule has 0 bridgehead atoms. The number of anilines is 2. The molecule has 9 heteroatoms. The Morgan fingerprint density at radius 1 is 1.14 bits per heavy atom. The fraction of sp³-hybridized carbons (Fsp3) is 0.200. The number of nitrogens with one attached hydrogen (secondary N) is 1. The monoisotopic (exact) mass is 441 g/mol. The van der Waals surface area contributed by atoms with Gasteiger partial charge in [-0.25, -0.2) is 9.88 Å². The predicted octanol–water partition coefficient (Wildman–Crippen LogP) is 5.98. The van der Waals surface area contributed by atoms with E-state index in [-0.39, 0.29) is 12.1 Å². The van der Waals surface area contributed by atoms with Gasteiger partial charge in [-0.3, -0.25) is 4.79 Å². The number of para-hydroxylation sites is 1. The average Bonchev–Trinajstić information content (AvgIpc) is 3.04. The molecule has 1 heterocycles. The third kappa shape index (κ3) is 5.27. The lowest BCUT2D eigenvalue weighted by molar-refractivity contribution is -0.668. The molecular weight excluding hydrogens is 425 g/mol. The van der Waals surface area contributed by atoms with E-state index in [9.17, 15) is 18.0 Å². The van der Waals surface area contributed by atoms with E-state index in [0.717, 1.165) is 17.3 Å². The first kappa shape index (κ1) is 21.1. The van der Waals surface area contributed by atoms with Gasteiger partial charge < -0.3 is 5.11 Å². The van der Waals surface area contributed by atoms with E-state index < -0.39 is 17.7 Å². The number of rotatable bonds is 7. The van der Waals surface area contributed by atoms with Crippen LogP contribution in [-0.2, 0) is 17.5 Å². The fourth-order valence-electron chi connectivity index (χ4n) is 2.85. The Hall–Kier alpha value is -2.58. The number of carbonyl (C=O) groups is 1. The highest BCUT2D eigenvalue weighted by Gasteiger charge is 2.35. The molecule has 0 spiro atoms. The lowest BCUT2D eigenvalue weighted by Gasteiger charge is -2.11.